The number of ether oxygens (including phenoxy) is 2. The van der Waals surface area contributed by atoms with Crippen LogP contribution in [0.5, 0.6) is 0 Å². The van der Waals surface area contributed by atoms with Crippen molar-refractivity contribution in [1.29, 1.82) is 0 Å². The van der Waals surface area contributed by atoms with Crippen molar-refractivity contribution in [2.75, 3.05) is 25.5 Å². The van der Waals surface area contributed by atoms with Crippen LogP contribution in [0.2, 0.25) is 0 Å². The number of likely N-dealkylation sites (N-methyl/N-ethyl adjacent to an activating group) is 1. The summed E-state index contributed by atoms with van der Waals surface area (Å²) in [7, 11) is 1.75. The van der Waals surface area contributed by atoms with Crippen molar-refractivity contribution in [3.05, 3.63) is 60.8 Å². The molecule has 250 valence electrons. The van der Waals surface area contributed by atoms with E-state index in [0.29, 0.717) is 19.0 Å². The Bertz CT molecular complexity index is 1710. The first-order valence-electron chi connectivity index (χ1n) is 16.3. The van der Waals surface area contributed by atoms with Crippen LogP contribution in [0.4, 0.5) is 15.5 Å². The number of carbonyl (C=O) groups is 2. The van der Waals surface area contributed by atoms with Gasteiger partial charge in [-0.15, -0.1) is 0 Å². The summed E-state index contributed by atoms with van der Waals surface area (Å²) >= 11 is 0. The molecule has 0 saturated carbocycles. The fourth-order valence-corrected chi connectivity index (χ4v) is 5.65. The van der Waals surface area contributed by atoms with Crippen molar-refractivity contribution < 1.29 is 19.1 Å². The molecule has 4 aromatic rings. The van der Waals surface area contributed by atoms with Gasteiger partial charge in [0.15, 0.2) is 0 Å². The van der Waals surface area contributed by atoms with Gasteiger partial charge in [0.2, 0.25) is 5.95 Å². The highest BCUT2D eigenvalue weighted by molar-refractivity contribution is 5.90. The molecule has 47 heavy (non-hydrogen) atoms. The van der Waals surface area contributed by atoms with E-state index in [1.54, 1.807) is 29.2 Å². The van der Waals surface area contributed by atoms with E-state index < -0.39 is 11.2 Å². The van der Waals surface area contributed by atoms with Crippen LogP contribution in [0, 0.1) is 0 Å². The molecule has 1 saturated heterocycles. The van der Waals surface area contributed by atoms with Crippen LogP contribution < -0.4 is 5.32 Å². The van der Waals surface area contributed by atoms with E-state index in [9.17, 15) is 9.59 Å². The molecule has 2 N–H and O–H groups in total. The second kappa shape index (κ2) is 13.6. The molecule has 0 spiro atoms. The second-order valence-corrected chi connectivity index (χ2v) is 14.1. The number of carbonyl (C=O) groups excluding carboxylic acids is 2. The number of rotatable bonds is 8. The quantitative estimate of drug-likeness (QED) is 0.200. The average molecular weight is 642 g/mol. The summed E-state index contributed by atoms with van der Waals surface area (Å²) in [4.78, 5) is 45.9. The standard InChI is InChI=1S/C36H47N7O4/c1-9-28(42(8)33(44)46-35(2,3)4)21-40-32-38-19-27(20-39-32)25-13-12-24-18-26(15-14-23(24)17-25)29-22-37-31(41-29)30-11-10-16-43(30)34(45)47-36(5,6)7/h12-15,17-20,22,28,30H,9-11,16,21H2,1-8H3,(H,37,41)(H,38,39,40)/t28?,30-/m0/s1. The summed E-state index contributed by atoms with van der Waals surface area (Å²) < 4.78 is 11.1. The third-order valence-corrected chi connectivity index (χ3v) is 8.11. The largest absolute Gasteiger partial charge is 0.444 e. The zero-order valence-electron chi connectivity index (χ0n) is 28.8. The first-order valence-corrected chi connectivity index (χ1v) is 16.3. The van der Waals surface area contributed by atoms with Crippen LogP contribution in [0.3, 0.4) is 0 Å². The first kappa shape index (κ1) is 33.7. The Morgan fingerprint density at radius 2 is 1.62 bits per heavy atom. The Hall–Kier alpha value is -4.67. The van der Waals surface area contributed by atoms with Crippen molar-refractivity contribution in [2.45, 2.75) is 91.0 Å². The summed E-state index contributed by atoms with van der Waals surface area (Å²) in [6, 6.07) is 12.4. The molecule has 5 rings (SSSR count). The van der Waals surface area contributed by atoms with E-state index in [1.165, 1.54) is 0 Å². The average Bonchev–Trinajstić information content (AvgIpc) is 3.70. The third kappa shape index (κ3) is 8.38. The predicted octanol–water partition coefficient (Wildman–Crippen LogP) is 7.82. The molecule has 3 heterocycles. The van der Waals surface area contributed by atoms with Crippen molar-refractivity contribution in [2.24, 2.45) is 0 Å². The Balaban J connectivity index is 1.23. The first-order chi connectivity index (χ1) is 22.2. The molecule has 1 aliphatic heterocycles. The number of nitrogens with one attached hydrogen (secondary N) is 2. The van der Waals surface area contributed by atoms with Crippen molar-refractivity contribution in [3.63, 3.8) is 0 Å². The number of imidazole rings is 1. The number of aromatic amines is 1. The lowest BCUT2D eigenvalue weighted by atomic mass is 10.0. The van der Waals surface area contributed by atoms with Gasteiger partial charge in [0.25, 0.3) is 0 Å². The maximum absolute atomic E-state index is 12.8. The van der Waals surface area contributed by atoms with Crippen LogP contribution in [0.15, 0.2) is 55.0 Å². The highest BCUT2D eigenvalue weighted by Crippen LogP contribution is 2.34. The van der Waals surface area contributed by atoms with E-state index in [2.05, 4.69) is 56.7 Å². The second-order valence-electron chi connectivity index (χ2n) is 14.1. The lowest BCUT2D eigenvalue weighted by Crippen LogP contribution is -2.43. The number of anilines is 1. The molecule has 0 bridgehead atoms. The molecule has 2 aromatic heterocycles. The summed E-state index contributed by atoms with van der Waals surface area (Å²) in [6.45, 7) is 14.4. The fraction of sp³-hybridized carbons (Fsp3) is 0.472. The maximum Gasteiger partial charge on any atom is 0.410 e. The van der Waals surface area contributed by atoms with Gasteiger partial charge in [-0.2, -0.15) is 0 Å². The molecule has 1 aliphatic rings. The number of hydrogen-bond acceptors (Lipinski definition) is 8. The van der Waals surface area contributed by atoms with Gasteiger partial charge >= 0.3 is 12.2 Å². The lowest BCUT2D eigenvalue weighted by molar-refractivity contribution is 0.0212. The summed E-state index contributed by atoms with van der Waals surface area (Å²) in [5.74, 6) is 1.28. The normalized spacial score (nSPS) is 15.8. The van der Waals surface area contributed by atoms with Crippen LogP contribution in [0.1, 0.15) is 79.6 Å². The van der Waals surface area contributed by atoms with Gasteiger partial charge in [-0.3, -0.25) is 4.90 Å². The molecular weight excluding hydrogens is 594 g/mol. The van der Waals surface area contributed by atoms with E-state index in [4.69, 9.17) is 14.5 Å². The van der Waals surface area contributed by atoms with Gasteiger partial charge < -0.3 is 24.7 Å². The molecule has 0 radical (unpaired) electrons. The van der Waals surface area contributed by atoms with Crippen LogP contribution in [0.25, 0.3) is 33.2 Å². The minimum absolute atomic E-state index is 0.0683. The van der Waals surface area contributed by atoms with Crippen LogP contribution in [-0.2, 0) is 9.47 Å². The molecular formula is C36H47N7O4. The molecule has 1 fully saturated rings. The molecule has 2 amide bonds. The van der Waals surface area contributed by atoms with Gasteiger partial charge in [-0.1, -0.05) is 31.2 Å². The zero-order chi connectivity index (χ0) is 33.9. The van der Waals surface area contributed by atoms with Gasteiger partial charge in [-0.05, 0) is 89.3 Å². The molecule has 1 unspecified atom stereocenters. The molecule has 11 heteroatoms. The number of hydrogen-bond donors (Lipinski definition) is 2. The molecule has 2 aromatic carbocycles. The highest BCUT2D eigenvalue weighted by atomic mass is 16.6. The summed E-state index contributed by atoms with van der Waals surface area (Å²) in [6.07, 6.45) is 7.37. The number of nitrogens with zero attached hydrogens (tertiary/aromatic N) is 5. The van der Waals surface area contributed by atoms with Crippen molar-refractivity contribution >= 4 is 28.9 Å². The third-order valence-electron chi connectivity index (χ3n) is 8.11. The number of likely N-dealkylation sites (tertiary alicyclic amines) is 1. The monoisotopic (exact) mass is 641 g/mol. The zero-order valence-corrected chi connectivity index (χ0v) is 28.8. The predicted molar refractivity (Wildman–Crippen MR) is 184 cm³/mol. The van der Waals surface area contributed by atoms with Crippen molar-refractivity contribution in [1.82, 2.24) is 29.7 Å². The van der Waals surface area contributed by atoms with Gasteiger partial charge in [0.1, 0.15) is 17.0 Å². The van der Waals surface area contributed by atoms with E-state index in [0.717, 1.165) is 58.2 Å². The Morgan fingerprint density at radius 1 is 0.979 bits per heavy atom. The Labute approximate surface area is 277 Å². The summed E-state index contributed by atoms with van der Waals surface area (Å²) in [5.41, 5.74) is 2.66. The topological polar surface area (TPSA) is 126 Å². The fourth-order valence-electron chi connectivity index (χ4n) is 5.65. The number of aromatic nitrogens is 4. The smallest absolute Gasteiger partial charge is 0.410 e. The van der Waals surface area contributed by atoms with Crippen LogP contribution >= 0.6 is 0 Å². The van der Waals surface area contributed by atoms with E-state index >= 15 is 0 Å². The van der Waals surface area contributed by atoms with Gasteiger partial charge in [-0.25, -0.2) is 24.5 Å². The highest BCUT2D eigenvalue weighted by Gasteiger charge is 2.35. The number of fused-ring (bicyclic) bond motifs is 1. The number of benzene rings is 2. The van der Waals surface area contributed by atoms with Gasteiger partial charge in [0.05, 0.1) is 17.8 Å². The molecule has 0 aliphatic carbocycles. The Morgan fingerprint density at radius 3 is 2.26 bits per heavy atom. The summed E-state index contributed by atoms with van der Waals surface area (Å²) in [5, 5.41) is 5.43. The Kier molecular flexibility index (Phi) is 9.74. The number of amides is 2. The number of H-pyrrole nitrogens is 1. The minimum atomic E-state index is -0.548. The molecule has 2 atom stereocenters. The SMILES string of the molecule is CCC(CNc1ncc(-c2ccc3cc(-c4c[nH]c([C@@H]5CCCN5C(=O)OC(C)(C)C)n4)ccc3c2)cn1)N(C)C(=O)OC(C)(C)C. The van der Waals surface area contributed by atoms with E-state index in [1.807, 2.05) is 54.7 Å². The van der Waals surface area contributed by atoms with Crippen LogP contribution in [-0.4, -0.2) is 79.3 Å². The maximum atomic E-state index is 12.8. The van der Waals surface area contributed by atoms with Gasteiger partial charge in [0, 0.05) is 49.9 Å². The lowest BCUT2D eigenvalue weighted by Gasteiger charge is -2.30. The minimum Gasteiger partial charge on any atom is -0.444 e. The van der Waals surface area contributed by atoms with E-state index in [-0.39, 0.29) is 24.3 Å². The van der Waals surface area contributed by atoms with Crippen molar-refractivity contribution in [3.8, 4) is 22.4 Å². The molecule has 11 nitrogen and oxygen atoms in total.